The molecule has 0 aliphatic heterocycles. The molecule has 0 aliphatic rings. The van der Waals surface area contributed by atoms with Gasteiger partial charge in [0.05, 0.1) is 6.10 Å². The molecule has 0 aliphatic carbocycles. The molecule has 0 radical (unpaired) electrons. The van der Waals surface area contributed by atoms with E-state index in [1.165, 1.54) is 6.08 Å². The summed E-state index contributed by atoms with van der Waals surface area (Å²) in [6, 6.07) is 0. The van der Waals surface area contributed by atoms with Crippen molar-refractivity contribution in [1.29, 1.82) is 0 Å². The van der Waals surface area contributed by atoms with E-state index in [9.17, 15) is 0 Å². The number of nitrogens with zero attached hydrogens (tertiary/aromatic N) is 1. The third-order valence-corrected chi connectivity index (χ3v) is 1.14. The van der Waals surface area contributed by atoms with Crippen LogP contribution < -0.4 is 5.73 Å². The van der Waals surface area contributed by atoms with Gasteiger partial charge in [-0.15, -0.1) is 0 Å². The summed E-state index contributed by atoms with van der Waals surface area (Å²) in [5.74, 6) is 0.227. The van der Waals surface area contributed by atoms with Gasteiger partial charge in [-0.1, -0.05) is 12.7 Å². The molecule has 10 heavy (non-hydrogen) atoms. The zero-order chi connectivity index (χ0) is 8.15. The highest BCUT2D eigenvalue weighted by Crippen LogP contribution is 2.06. The Bertz CT molecular complexity index is 170. The van der Waals surface area contributed by atoms with Crippen molar-refractivity contribution in [2.24, 2.45) is 10.7 Å². The standard InChI is InChI=1S/C7H12N2O/c1-4-6(5(2)10)7(8)9-3/h4-5,10H,1,3,8H2,2H3/b7-6+. The fourth-order valence-electron chi connectivity index (χ4n) is 0.580. The van der Waals surface area contributed by atoms with E-state index >= 15 is 0 Å². The third-order valence-electron chi connectivity index (χ3n) is 1.14. The van der Waals surface area contributed by atoms with Crippen LogP contribution in [0.4, 0.5) is 0 Å². The maximum absolute atomic E-state index is 9.02. The topological polar surface area (TPSA) is 58.6 Å². The van der Waals surface area contributed by atoms with Crippen molar-refractivity contribution < 1.29 is 5.11 Å². The van der Waals surface area contributed by atoms with Crippen molar-refractivity contribution in [3.8, 4) is 0 Å². The number of hydrogen-bond donors (Lipinski definition) is 2. The van der Waals surface area contributed by atoms with Crippen LogP contribution in [0.2, 0.25) is 0 Å². The molecular formula is C7H12N2O. The van der Waals surface area contributed by atoms with Crippen LogP contribution in [-0.4, -0.2) is 17.9 Å². The van der Waals surface area contributed by atoms with Crippen molar-refractivity contribution in [1.82, 2.24) is 0 Å². The second-order valence-electron chi connectivity index (χ2n) is 1.88. The van der Waals surface area contributed by atoms with Crippen molar-refractivity contribution >= 4 is 6.72 Å². The maximum Gasteiger partial charge on any atom is 0.128 e. The highest BCUT2D eigenvalue weighted by atomic mass is 16.3. The summed E-state index contributed by atoms with van der Waals surface area (Å²) in [6.07, 6.45) is 0.831. The largest absolute Gasteiger partial charge is 0.389 e. The fraction of sp³-hybridized carbons (Fsp3) is 0.286. The average molecular weight is 140 g/mol. The van der Waals surface area contributed by atoms with E-state index in [0.717, 1.165) is 0 Å². The second kappa shape index (κ2) is 3.85. The molecule has 0 spiro atoms. The van der Waals surface area contributed by atoms with Gasteiger partial charge in [-0.25, -0.2) is 4.99 Å². The molecule has 1 atom stereocenters. The van der Waals surface area contributed by atoms with E-state index in [1.54, 1.807) is 6.92 Å². The van der Waals surface area contributed by atoms with E-state index in [0.29, 0.717) is 5.57 Å². The van der Waals surface area contributed by atoms with Gasteiger partial charge in [0.1, 0.15) is 5.82 Å². The SMILES string of the molecule is C=C/C(=C(/N)N=C)C(C)O. The van der Waals surface area contributed by atoms with Gasteiger partial charge in [-0.05, 0) is 13.6 Å². The van der Waals surface area contributed by atoms with E-state index in [1.807, 2.05) is 0 Å². The van der Waals surface area contributed by atoms with Crippen molar-refractivity contribution in [3.05, 3.63) is 24.0 Å². The molecule has 0 saturated carbocycles. The maximum atomic E-state index is 9.02. The summed E-state index contributed by atoms with van der Waals surface area (Å²) >= 11 is 0. The molecule has 0 aromatic rings. The predicted octanol–water partition coefficient (Wildman–Crippen LogP) is 0.424. The summed E-state index contributed by atoms with van der Waals surface area (Å²) < 4.78 is 0. The molecule has 3 heteroatoms. The Kier molecular flexibility index (Phi) is 3.43. The third kappa shape index (κ3) is 2.03. The van der Waals surface area contributed by atoms with Gasteiger partial charge in [0.2, 0.25) is 0 Å². The van der Waals surface area contributed by atoms with Crippen LogP contribution in [0, 0.1) is 0 Å². The normalized spacial score (nSPS) is 15.4. The van der Waals surface area contributed by atoms with Crippen LogP contribution in [0.1, 0.15) is 6.92 Å². The van der Waals surface area contributed by atoms with Gasteiger partial charge in [0, 0.05) is 5.57 Å². The first-order valence-electron chi connectivity index (χ1n) is 2.90. The van der Waals surface area contributed by atoms with Crippen LogP contribution in [0.15, 0.2) is 29.0 Å². The monoisotopic (exact) mass is 140 g/mol. The van der Waals surface area contributed by atoms with Crippen LogP contribution in [0.5, 0.6) is 0 Å². The molecule has 0 aromatic carbocycles. The summed E-state index contributed by atoms with van der Waals surface area (Å²) in [7, 11) is 0. The lowest BCUT2D eigenvalue weighted by Gasteiger charge is -2.05. The zero-order valence-electron chi connectivity index (χ0n) is 6.04. The van der Waals surface area contributed by atoms with Crippen molar-refractivity contribution in [2.45, 2.75) is 13.0 Å². The van der Waals surface area contributed by atoms with Gasteiger partial charge < -0.3 is 10.8 Å². The summed E-state index contributed by atoms with van der Waals surface area (Å²) in [4.78, 5) is 3.46. The molecule has 0 aromatic heterocycles. The quantitative estimate of drug-likeness (QED) is 0.441. The summed E-state index contributed by atoms with van der Waals surface area (Å²) in [5.41, 5.74) is 5.86. The summed E-state index contributed by atoms with van der Waals surface area (Å²) in [5, 5.41) is 9.02. The molecule has 0 fully saturated rings. The van der Waals surface area contributed by atoms with Crippen LogP contribution in [0.25, 0.3) is 0 Å². The van der Waals surface area contributed by atoms with Gasteiger partial charge in [0.25, 0.3) is 0 Å². The van der Waals surface area contributed by atoms with Gasteiger partial charge in [0.15, 0.2) is 0 Å². The van der Waals surface area contributed by atoms with Crippen molar-refractivity contribution in [3.63, 3.8) is 0 Å². The Balaban J connectivity index is 4.61. The number of nitrogens with two attached hydrogens (primary N) is 1. The van der Waals surface area contributed by atoms with Crippen molar-refractivity contribution in [2.75, 3.05) is 0 Å². The molecule has 3 nitrogen and oxygen atoms in total. The Hall–Kier alpha value is -1.09. The van der Waals surface area contributed by atoms with Crippen LogP contribution >= 0.6 is 0 Å². The number of aliphatic hydroxyl groups is 1. The number of aliphatic hydroxyl groups excluding tert-OH is 1. The lowest BCUT2D eigenvalue weighted by molar-refractivity contribution is 0.234. The molecule has 56 valence electrons. The molecule has 0 amide bonds. The highest BCUT2D eigenvalue weighted by molar-refractivity contribution is 5.33. The molecule has 0 saturated heterocycles. The second-order valence-corrected chi connectivity index (χ2v) is 1.88. The van der Waals surface area contributed by atoms with Gasteiger partial charge in [-0.2, -0.15) is 0 Å². The molecule has 0 bridgehead atoms. The average Bonchev–Trinajstić information content (AvgIpc) is 1.88. The predicted molar refractivity (Wildman–Crippen MR) is 42.6 cm³/mol. The lowest BCUT2D eigenvalue weighted by atomic mass is 10.1. The van der Waals surface area contributed by atoms with Crippen LogP contribution in [0.3, 0.4) is 0 Å². The first kappa shape index (κ1) is 8.91. The van der Waals surface area contributed by atoms with E-state index in [-0.39, 0.29) is 5.82 Å². The zero-order valence-corrected chi connectivity index (χ0v) is 6.04. The minimum Gasteiger partial charge on any atom is -0.389 e. The number of hydrogen-bond acceptors (Lipinski definition) is 3. The van der Waals surface area contributed by atoms with Gasteiger partial charge >= 0.3 is 0 Å². The van der Waals surface area contributed by atoms with Gasteiger partial charge in [-0.3, -0.25) is 0 Å². The molecule has 0 rings (SSSR count). The molecular weight excluding hydrogens is 128 g/mol. The number of aliphatic imine (C=N–C) groups is 1. The van der Waals surface area contributed by atoms with Crippen LogP contribution in [-0.2, 0) is 0 Å². The lowest BCUT2D eigenvalue weighted by Crippen LogP contribution is -2.09. The molecule has 3 N–H and O–H groups in total. The van der Waals surface area contributed by atoms with E-state index in [4.69, 9.17) is 10.8 Å². The highest BCUT2D eigenvalue weighted by Gasteiger charge is 2.03. The van der Waals surface area contributed by atoms with E-state index in [2.05, 4.69) is 18.3 Å². The summed E-state index contributed by atoms with van der Waals surface area (Å²) in [6.45, 7) is 8.28. The Labute approximate surface area is 60.6 Å². The Morgan fingerprint density at radius 2 is 2.30 bits per heavy atom. The Morgan fingerprint density at radius 3 is 2.40 bits per heavy atom. The fourth-order valence-corrected chi connectivity index (χ4v) is 0.580. The molecule has 1 unspecified atom stereocenters. The first-order chi connectivity index (χ1) is 4.63. The first-order valence-corrected chi connectivity index (χ1v) is 2.90. The number of rotatable bonds is 3. The minimum atomic E-state index is -0.636. The van der Waals surface area contributed by atoms with E-state index < -0.39 is 6.10 Å². The molecule has 0 heterocycles. The Morgan fingerprint density at radius 1 is 1.80 bits per heavy atom. The minimum absolute atomic E-state index is 0.227. The smallest absolute Gasteiger partial charge is 0.128 e.